The zero-order chi connectivity index (χ0) is 12.4. The summed E-state index contributed by atoms with van der Waals surface area (Å²) in [7, 11) is 2.08. The summed E-state index contributed by atoms with van der Waals surface area (Å²) in [6, 6.07) is 8.43. The molecule has 0 unspecified atom stereocenters. The van der Waals surface area contributed by atoms with E-state index in [1.807, 2.05) is 6.92 Å². The van der Waals surface area contributed by atoms with Gasteiger partial charge < -0.3 is 10.6 Å². The largest absolute Gasteiger partial charge is 0.383 e. The van der Waals surface area contributed by atoms with E-state index in [0.29, 0.717) is 5.82 Å². The third-order valence-electron chi connectivity index (χ3n) is 2.95. The minimum atomic E-state index is 0.640. The summed E-state index contributed by atoms with van der Waals surface area (Å²) >= 11 is 1.46. The number of benzene rings is 1. The number of nitrogens with two attached hydrogens (primary N) is 1. The van der Waals surface area contributed by atoms with Crippen LogP contribution in [-0.4, -0.2) is 11.4 Å². The summed E-state index contributed by atoms with van der Waals surface area (Å²) in [4.78, 5) is 2.20. The molecule has 1 aromatic heterocycles. The van der Waals surface area contributed by atoms with Crippen LogP contribution in [0.2, 0.25) is 0 Å². The Hall–Kier alpha value is -1.55. The highest BCUT2D eigenvalue weighted by molar-refractivity contribution is 7.10. The topological polar surface area (TPSA) is 42.2 Å². The van der Waals surface area contributed by atoms with E-state index in [4.69, 9.17) is 5.73 Å². The molecule has 4 heteroatoms. The first kappa shape index (κ1) is 11.9. The standard InChI is InChI=1S/C13H17N3S/c1-9-6-4-5-7-11(9)8-16(3)13-10(2)12(14)15-17-13/h4-7H,8H2,1-3H3,(H2,14,15). The Morgan fingerprint density at radius 1 is 1.29 bits per heavy atom. The summed E-state index contributed by atoms with van der Waals surface area (Å²) in [5.74, 6) is 0.640. The van der Waals surface area contributed by atoms with Crippen molar-refractivity contribution >= 4 is 22.4 Å². The van der Waals surface area contributed by atoms with Gasteiger partial charge in [0.1, 0.15) is 10.8 Å². The number of hydrogen-bond acceptors (Lipinski definition) is 4. The molecule has 2 N–H and O–H groups in total. The van der Waals surface area contributed by atoms with Crippen molar-refractivity contribution in [2.75, 3.05) is 17.7 Å². The van der Waals surface area contributed by atoms with E-state index in [9.17, 15) is 0 Å². The predicted octanol–water partition coefficient (Wildman–Crippen LogP) is 2.98. The zero-order valence-electron chi connectivity index (χ0n) is 10.4. The Kier molecular flexibility index (Phi) is 3.33. The van der Waals surface area contributed by atoms with Gasteiger partial charge in [0.05, 0.1) is 0 Å². The van der Waals surface area contributed by atoms with Crippen LogP contribution in [0.15, 0.2) is 24.3 Å². The van der Waals surface area contributed by atoms with Crippen molar-refractivity contribution in [2.45, 2.75) is 20.4 Å². The number of aryl methyl sites for hydroxylation is 1. The number of nitrogens with zero attached hydrogens (tertiary/aromatic N) is 2. The molecule has 90 valence electrons. The van der Waals surface area contributed by atoms with E-state index in [0.717, 1.165) is 17.1 Å². The molecule has 1 aromatic carbocycles. The molecule has 0 saturated heterocycles. The van der Waals surface area contributed by atoms with Crippen molar-refractivity contribution in [1.82, 2.24) is 4.37 Å². The molecule has 0 aliphatic heterocycles. The first-order valence-electron chi connectivity index (χ1n) is 5.57. The Balaban J connectivity index is 2.20. The van der Waals surface area contributed by atoms with E-state index in [-0.39, 0.29) is 0 Å². The van der Waals surface area contributed by atoms with E-state index in [1.165, 1.54) is 22.7 Å². The van der Waals surface area contributed by atoms with Crippen LogP contribution >= 0.6 is 11.5 Å². The van der Waals surface area contributed by atoms with E-state index < -0.39 is 0 Å². The molecular weight excluding hydrogens is 230 g/mol. The molecule has 3 nitrogen and oxygen atoms in total. The lowest BCUT2D eigenvalue weighted by Crippen LogP contribution is -2.16. The smallest absolute Gasteiger partial charge is 0.142 e. The maximum Gasteiger partial charge on any atom is 0.142 e. The molecular formula is C13H17N3S. The molecule has 0 aliphatic carbocycles. The highest BCUT2D eigenvalue weighted by atomic mass is 32.1. The third-order valence-corrected chi connectivity index (χ3v) is 4.03. The minimum absolute atomic E-state index is 0.640. The molecule has 0 amide bonds. The quantitative estimate of drug-likeness (QED) is 0.906. The zero-order valence-corrected chi connectivity index (χ0v) is 11.2. The summed E-state index contributed by atoms with van der Waals surface area (Å²) in [6.45, 7) is 5.04. The monoisotopic (exact) mass is 247 g/mol. The maximum atomic E-state index is 5.77. The fourth-order valence-corrected chi connectivity index (χ4v) is 2.58. The van der Waals surface area contributed by atoms with Gasteiger partial charge in [0.25, 0.3) is 0 Å². The first-order valence-corrected chi connectivity index (χ1v) is 6.34. The SMILES string of the molecule is Cc1ccccc1CN(C)c1snc(N)c1C. The van der Waals surface area contributed by atoms with Crippen LogP contribution in [0.5, 0.6) is 0 Å². The summed E-state index contributed by atoms with van der Waals surface area (Å²) in [5.41, 5.74) is 9.50. The van der Waals surface area contributed by atoms with Crippen molar-refractivity contribution in [2.24, 2.45) is 0 Å². The van der Waals surface area contributed by atoms with Crippen LogP contribution in [-0.2, 0) is 6.54 Å². The number of hydrogen-bond donors (Lipinski definition) is 1. The molecule has 0 aliphatic rings. The summed E-state index contributed by atoms with van der Waals surface area (Å²) < 4.78 is 4.18. The third kappa shape index (κ3) is 2.42. The Bertz CT molecular complexity index is 519. The van der Waals surface area contributed by atoms with Gasteiger partial charge in [-0.25, -0.2) is 0 Å². The minimum Gasteiger partial charge on any atom is -0.383 e. The van der Waals surface area contributed by atoms with Gasteiger partial charge in [0.15, 0.2) is 0 Å². The molecule has 0 saturated carbocycles. The van der Waals surface area contributed by atoms with Crippen LogP contribution in [0.3, 0.4) is 0 Å². The van der Waals surface area contributed by atoms with Gasteiger partial charge in [-0.2, -0.15) is 4.37 Å². The second-order valence-electron chi connectivity index (χ2n) is 4.28. The normalized spacial score (nSPS) is 10.5. The second kappa shape index (κ2) is 4.75. The molecule has 0 spiro atoms. The van der Waals surface area contributed by atoms with Gasteiger partial charge in [-0.15, -0.1) is 0 Å². The van der Waals surface area contributed by atoms with Gasteiger partial charge in [-0.1, -0.05) is 24.3 Å². The first-order chi connectivity index (χ1) is 8.09. The van der Waals surface area contributed by atoms with E-state index in [2.05, 4.69) is 47.5 Å². The Labute approximate surface area is 106 Å². The Morgan fingerprint density at radius 2 is 2.00 bits per heavy atom. The number of nitrogen functional groups attached to an aromatic ring is 1. The van der Waals surface area contributed by atoms with Crippen LogP contribution in [0.25, 0.3) is 0 Å². The molecule has 2 rings (SSSR count). The van der Waals surface area contributed by atoms with Gasteiger partial charge >= 0.3 is 0 Å². The van der Waals surface area contributed by atoms with E-state index >= 15 is 0 Å². The predicted molar refractivity (Wildman–Crippen MR) is 74.5 cm³/mol. The molecule has 0 bridgehead atoms. The van der Waals surface area contributed by atoms with Crippen molar-refractivity contribution in [3.63, 3.8) is 0 Å². The molecule has 17 heavy (non-hydrogen) atoms. The van der Waals surface area contributed by atoms with Gasteiger partial charge in [-0.3, -0.25) is 0 Å². The highest BCUT2D eigenvalue weighted by Crippen LogP contribution is 2.29. The van der Waals surface area contributed by atoms with Crippen LogP contribution in [0.1, 0.15) is 16.7 Å². The number of rotatable bonds is 3. The lowest BCUT2D eigenvalue weighted by molar-refractivity contribution is 0.921. The lowest BCUT2D eigenvalue weighted by atomic mass is 10.1. The summed E-state index contributed by atoms with van der Waals surface area (Å²) in [5, 5.41) is 1.14. The highest BCUT2D eigenvalue weighted by Gasteiger charge is 2.12. The second-order valence-corrected chi connectivity index (χ2v) is 5.03. The average molecular weight is 247 g/mol. The number of aromatic nitrogens is 1. The van der Waals surface area contributed by atoms with Gasteiger partial charge in [0.2, 0.25) is 0 Å². The van der Waals surface area contributed by atoms with Crippen molar-refractivity contribution in [1.29, 1.82) is 0 Å². The summed E-state index contributed by atoms with van der Waals surface area (Å²) in [6.07, 6.45) is 0. The molecule has 2 aromatic rings. The van der Waals surface area contributed by atoms with Gasteiger partial charge in [0, 0.05) is 19.2 Å². The molecule has 0 radical (unpaired) electrons. The number of anilines is 2. The van der Waals surface area contributed by atoms with Crippen LogP contribution in [0.4, 0.5) is 10.8 Å². The van der Waals surface area contributed by atoms with Crippen molar-refractivity contribution < 1.29 is 0 Å². The fraction of sp³-hybridized carbons (Fsp3) is 0.308. The molecule has 0 fully saturated rings. The van der Waals surface area contributed by atoms with Crippen LogP contribution < -0.4 is 10.6 Å². The Morgan fingerprint density at radius 3 is 2.59 bits per heavy atom. The van der Waals surface area contributed by atoms with Crippen molar-refractivity contribution in [3.8, 4) is 0 Å². The van der Waals surface area contributed by atoms with Crippen LogP contribution in [0, 0.1) is 13.8 Å². The van der Waals surface area contributed by atoms with E-state index in [1.54, 1.807) is 0 Å². The van der Waals surface area contributed by atoms with Gasteiger partial charge in [-0.05, 0) is 36.5 Å². The van der Waals surface area contributed by atoms with Crippen molar-refractivity contribution in [3.05, 3.63) is 41.0 Å². The fourth-order valence-electron chi connectivity index (χ4n) is 1.81. The molecule has 1 heterocycles. The average Bonchev–Trinajstić information content (AvgIpc) is 2.63. The lowest BCUT2D eigenvalue weighted by Gasteiger charge is -2.19. The molecule has 0 atom stereocenters. The maximum absolute atomic E-state index is 5.77.